The molecule has 0 rings (SSSR count). The largest absolute Gasteiger partial charge is 0.356 e. The van der Waals surface area contributed by atoms with Crippen LogP contribution < -0.4 is 10.6 Å². The van der Waals surface area contributed by atoms with Crippen molar-refractivity contribution in [1.82, 2.24) is 10.6 Å². The molecule has 0 saturated carbocycles. The number of nitrogens with one attached hydrogen (secondary N) is 2. The van der Waals surface area contributed by atoms with E-state index in [9.17, 15) is 14.4 Å². The van der Waals surface area contributed by atoms with E-state index in [-0.39, 0.29) is 34.2 Å². The van der Waals surface area contributed by atoms with E-state index < -0.39 is 0 Å². The molecule has 2 atom stereocenters. The van der Waals surface area contributed by atoms with Gasteiger partial charge in [-0.15, -0.1) is 0 Å². The zero-order valence-corrected chi connectivity index (χ0v) is 20.1. The Labute approximate surface area is 179 Å². The molecule has 5 nitrogen and oxygen atoms in total. The highest BCUT2D eigenvalue weighted by molar-refractivity contribution is 8.77. The van der Waals surface area contributed by atoms with Crippen molar-refractivity contribution in [2.75, 3.05) is 13.1 Å². The third kappa shape index (κ3) is 13.3. The molecule has 0 aliphatic heterocycles. The van der Waals surface area contributed by atoms with Gasteiger partial charge in [-0.1, -0.05) is 61.4 Å². The normalized spacial score (nSPS) is 14.1. The van der Waals surface area contributed by atoms with Gasteiger partial charge in [0.1, 0.15) is 5.78 Å². The van der Waals surface area contributed by atoms with E-state index in [1.165, 1.54) is 0 Å². The molecular formula is C21H38N2O3S2. The van der Waals surface area contributed by atoms with Gasteiger partial charge < -0.3 is 10.6 Å². The monoisotopic (exact) mass is 430 g/mol. The number of rotatable bonds is 14. The van der Waals surface area contributed by atoms with Crippen LogP contribution >= 0.6 is 21.6 Å². The van der Waals surface area contributed by atoms with Gasteiger partial charge in [0.15, 0.2) is 0 Å². The van der Waals surface area contributed by atoms with Crippen LogP contribution in [0.15, 0.2) is 12.2 Å². The topological polar surface area (TPSA) is 75.3 Å². The number of hydrogen-bond donors (Lipinski definition) is 2. The molecule has 0 aromatic rings. The number of hydrogen-bond acceptors (Lipinski definition) is 5. The van der Waals surface area contributed by atoms with Crippen molar-refractivity contribution in [2.45, 2.75) is 77.7 Å². The van der Waals surface area contributed by atoms with Gasteiger partial charge >= 0.3 is 0 Å². The van der Waals surface area contributed by atoms with Gasteiger partial charge in [0.05, 0.1) is 0 Å². The van der Waals surface area contributed by atoms with Gasteiger partial charge in [0.25, 0.3) is 0 Å². The van der Waals surface area contributed by atoms with E-state index in [0.717, 1.165) is 6.42 Å². The first-order valence-electron chi connectivity index (χ1n) is 10.0. The predicted molar refractivity (Wildman–Crippen MR) is 122 cm³/mol. The number of allylic oxidation sites excluding steroid dienone is 2. The molecule has 0 heterocycles. The Morgan fingerprint density at radius 3 is 2.25 bits per heavy atom. The van der Waals surface area contributed by atoms with Gasteiger partial charge in [0, 0.05) is 47.8 Å². The van der Waals surface area contributed by atoms with Crippen molar-refractivity contribution >= 4 is 39.2 Å². The Kier molecular flexibility index (Phi) is 13.6. The van der Waals surface area contributed by atoms with Crippen LogP contribution in [0.25, 0.3) is 0 Å². The summed E-state index contributed by atoms with van der Waals surface area (Å²) >= 11 is 0. The average molecular weight is 431 g/mol. The Morgan fingerprint density at radius 1 is 1.04 bits per heavy atom. The van der Waals surface area contributed by atoms with Crippen LogP contribution in [0.5, 0.6) is 0 Å². The summed E-state index contributed by atoms with van der Waals surface area (Å²) in [7, 11) is 3.49. The number of Topliss-reactive ketones (excluding diaryl/α,β-unsaturated/α-hetero) is 1. The molecule has 0 spiro atoms. The lowest BCUT2D eigenvalue weighted by Gasteiger charge is -2.25. The molecule has 0 bridgehead atoms. The van der Waals surface area contributed by atoms with Crippen LogP contribution in [-0.4, -0.2) is 40.7 Å². The van der Waals surface area contributed by atoms with E-state index in [1.54, 1.807) is 21.6 Å². The molecule has 0 saturated heterocycles. The standard InChI is InChI=1S/C21H38N2O3S2/c1-8-9-16(4)18(24)11-13-22-19(25)10-12-21(6,7)28-27-17(5)14-23-20(26)15(2)3/h8-9,15-17H,10-14H2,1-7H3,(H,22,25)(H,23,26). The van der Waals surface area contributed by atoms with Gasteiger partial charge in [0.2, 0.25) is 11.8 Å². The fraction of sp³-hybridized carbons (Fsp3) is 0.762. The van der Waals surface area contributed by atoms with E-state index >= 15 is 0 Å². The maximum Gasteiger partial charge on any atom is 0.222 e. The van der Waals surface area contributed by atoms with E-state index in [4.69, 9.17) is 0 Å². The van der Waals surface area contributed by atoms with Crippen molar-refractivity contribution in [2.24, 2.45) is 11.8 Å². The average Bonchev–Trinajstić information content (AvgIpc) is 2.62. The molecule has 2 unspecified atom stereocenters. The highest BCUT2D eigenvalue weighted by Crippen LogP contribution is 2.40. The second-order valence-electron chi connectivity index (χ2n) is 8.03. The van der Waals surface area contributed by atoms with E-state index in [1.807, 2.05) is 39.8 Å². The Balaban J connectivity index is 4.06. The van der Waals surface area contributed by atoms with Crippen LogP contribution in [0, 0.1) is 11.8 Å². The molecule has 2 amide bonds. The van der Waals surface area contributed by atoms with Crippen LogP contribution in [0.1, 0.15) is 67.7 Å². The molecule has 28 heavy (non-hydrogen) atoms. The fourth-order valence-electron chi connectivity index (χ4n) is 2.19. The van der Waals surface area contributed by atoms with Crippen molar-refractivity contribution in [3.05, 3.63) is 12.2 Å². The number of carbonyl (C=O) groups excluding carboxylic acids is 3. The zero-order valence-electron chi connectivity index (χ0n) is 18.5. The quantitative estimate of drug-likeness (QED) is 0.316. The maximum absolute atomic E-state index is 12.0. The molecule has 0 radical (unpaired) electrons. The summed E-state index contributed by atoms with van der Waals surface area (Å²) in [4.78, 5) is 35.6. The lowest BCUT2D eigenvalue weighted by molar-refractivity contribution is -0.124. The van der Waals surface area contributed by atoms with Gasteiger partial charge in [-0.3, -0.25) is 14.4 Å². The first kappa shape index (κ1) is 27.0. The number of ketones is 1. The van der Waals surface area contributed by atoms with E-state index in [2.05, 4.69) is 31.4 Å². The number of carbonyl (C=O) groups is 3. The van der Waals surface area contributed by atoms with Crippen LogP contribution in [0.2, 0.25) is 0 Å². The summed E-state index contributed by atoms with van der Waals surface area (Å²) in [6, 6.07) is 0. The molecule has 0 aliphatic carbocycles. The Bertz CT molecular complexity index is 534. The predicted octanol–water partition coefficient (Wildman–Crippen LogP) is 4.37. The molecule has 162 valence electrons. The smallest absolute Gasteiger partial charge is 0.222 e. The minimum atomic E-state index is -0.0958. The summed E-state index contributed by atoms with van der Waals surface area (Å²) < 4.78 is -0.0470. The van der Waals surface area contributed by atoms with Gasteiger partial charge in [-0.2, -0.15) is 0 Å². The van der Waals surface area contributed by atoms with Crippen molar-refractivity contribution < 1.29 is 14.4 Å². The van der Waals surface area contributed by atoms with Crippen molar-refractivity contribution in [3.8, 4) is 0 Å². The van der Waals surface area contributed by atoms with Crippen LogP contribution in [0.4, 0.5) is 0 Å². The maximum atomic E-state index is 12.0. The molecule has 7 heteroatoms. The molecule has 0 fully saturated rings. The zero-order chi connectivity index (χ0) is 21.7. The first-order chi connectivity index (χ1) is 13.0. The molecule has 2 N–H and O–H groups in total. The molecule has 0 aromatic carbocycles. The summed E-state index contributed by atoms with van der Waals surface area (Å²) in [5, 5.41) is 6.09. The second-order valence-corrected chi connectivity index (χ2v) is 11.4. The highest BCUT2D eigenvalue weighted by atomic mass is 33.1. The summed E-state index contributed by atoms with van der Waals surface area (Å²) in [6.45, 7) is 14.9. The Morgan fingerprint density at radius 2 is 1.68 bits per heavy atom. The second kappa shape index (κ2) is 14.1. The summed E-state index contributed by atoms with van der Waals surface area (Å²) in [5.41, 5.74) is 0. The van der Waals surface area contributed by atoms with Crippen LogP contribution in [0.3, 0.4) is 0 Å². The third-order valence-electron chi connectivity index (χ3n) is 4.16. The minimum absolute atomic E-state index is 0.00132. The van der Waals surface area contributed by atoms with Crippen molar-refractivity contribution in [3.63, 3.8) is 0 Å². The fourth-order valence-corrected chi connectivity index (χ4v) is 4.68. The summed E-state index contributed by atoms with van der Waals surface area (Å²) in [5.74, 6) is 0.113. The highest BCUT2D eigenvalue weighted by Gasteiger charge is 2.22. The molecule has 0 aliphatic rings. The van der Waals surface area contributed by atoms with Crippen LogP contribution in [-0.2, 0) is 14.4 Å². The van der Waals surface area contributed by atoms with Gasteiger partial charge in [-0.25, -0.2) is 0 Å². The Hall–Kier alpha value is -0.950. The van der Waals surface area contributed by atoms with E-state index in [0.29, 0.717) is 31.2 Å². The lowest BCUT2D eigenvalue weighted by atomic mass is 10.0. The molecular weight excluding hydrogens is 392 g/mol. The van der Waals surface area contributed by atoms with Crippen molar-refractivity contribution in [1.29, 1.82) is 0 Å². The SMILES string of the molecule is CC=CC(C)C(=O)CCNC(=O)CCC(C)(C)SSC(C)CNC(=O)C(C)C. The first-order valence-corrected chi connectivity index (χ1v) is 12.2. The number of amides is 2. The third-order valence-corrected chi connectivity index (χ3v) is 8.04. The lowest BCUT2D eigenvalue weighted by Crippen LogP contribution is -2.32. The minimum Gasteiger partial charge on any atom is -0.356 e. The summed E-state index contributed by atoms with van der Waals surface area (Å²) in [6.07, 6.45) is 5.31. The molecule has 0 aromatic heterocycles. The van der Waals surface area contributed by atoms with Gasteiger partial charge in [-0.05, 0) is 27.2 Å².